The van der Waals surface area contributed by atoms with E-state index in [9.17, 15) is 13.2 Å². The molecule has 1 aliphatic heterocycles. The van der Waals surface area contributed by atoms with Crippen molar-refractivity contribution in [2.75, 3.05) is 11.4 Å². The Bertz CT molecular complexity index is 1180. The van der Waals surface area contributed by atoms with Crippen LogP contribution in [0.4, 0.5) is 18.9 Å². The van der Waals surface area contributed by atoms with Crippen LogP contribution in [0.1, 0.15) is 62.8 Å². The Labute approximate surface area is 198 Å². The highest BCUT2D eigenvalue weighted by Crippen LogP contribution is 2.44. The van der Waals surface area contributed by atoms with Crippen molar-refractivity contribution in [1.29, 1.82) is 0 Å². The number of rotatable bonds is 5. The normalized spacial score (nSPS) is 18.2. The molecule has 1 aromatic carbocycles. The molecule has 2 aromatic heterocycles. The molecule has 8 heteroatoms. The van der Waals surface area contributed by atoms with Crippen molar-refractivity contribution in [3.05, 3.63) is 41.1 Å². The Morgan fingerprint density at radius 3 is 2.48 bits per heavy atom. The van der Waals surface area contributed by atoms with Crippen LogP contribution in [0.2, 0.25) is 0 Å². The summed E-state index contributed by atoms with van der Waals surface area (Å²) in [5, 5.41) is 4.73. The Morgan fingerprint density at radius 1 is 1.15 bits per heavy atom. The summed E-state index contributed by atoms with van der Waals surface area (Å²) in [6.45, 7) is 9.54. The van der Waals surface area contributed by atoms with Crippen LogP contribution in [0.3, 0.4) is 0 Å². The van der Waals surface area contributed by atoms with E-state index in [1.165, 1.54) is 18.9 Å². The van der Waals surface area contributed by atoms with Gasteiger partial charge in [0.05, 0.1) is 17.8 Å². The van der Waals surface area contributed by atoms with Gasteiger partial charge in [0.15, 0.2) is 0 Å². The molecule has 3 aromatic rings. The first kappa shape index (κ1) is 23.9. The molecule has 33 heavy (non-hydrogen) atoms. The topological polar surface area (TPSA) is 34.0 Å². The fourth-order valence-corrected chi connectivity index (χ4v) is 4.85. The summed E-state index contributed by atoms with van der Waals surface area (Å²) in [5.41, 5.74) is 3.76. The molecule has 0 unspecified atom stereocenters. The zero-order chi connectivity index (χ0) is 22.8. The Hall–Kier alpha value is -2.28. The van der Waals surface area contributed by atoms with Crippen LogP contribution in [0.25, 0.3) is 22.3 Å². The molecule has 1 saturated carbocycles. The van der Waals surface area contributed by atoms with Crippen LogP contribution >= 0.6 is 12.4 Å². The van der Waals surface area contributed by atoms with Gasteiger partial charge in [-0.2, -0.15) is 18.3 Å². The lowest BCUT2D eigenvalue weighted by Crippen LogP contribution is -2.42. The average molecular weight is 479 g/mol. The minimum atomic E-state index is -4.47. The first-order valence-corrected chi connectivity index (χ1v) is 11.5. The fourth-order valence-electron chi connectivity index (χ4n) is 4.85. The van der Waals surface area contributed by atoms with Gasteiger partial charge in [-0.3, -0.25) is 4.68 Å². The minimum Gasteiger partial charge on any atom is -0.365 e. The smallest absolute Gasteiger partial charge is 0.365 e. The lowest BCUT2D eigenvalue weighted by atomic mass is 9.95. The summed E-state index contributed by atoms with van der Waals surface area (Å²) in [6, 6.07) is 6.98. The number of pyridine rings is 1. The number of nitrogens with zero attached hydrogens (tertiary/aromatic N) is 4. The van der Waals surface area contributed by atoms with Crippen molar-refractivity contribution in [2.45, 2.75) is 71.6 Å². The fraction of sp³-hybridized carbons (Fsp3) is 0.520. The molecule has 3 heterocycles. The van der Waals surface area contributed by atoms with Crippen LogP contribution in [-0.2, 0) is 12.7 Å². The lowest BCUT2D eigenvalue weighted by molar-refractivity contribution is -0.137. The van der Waals surface area contributed by atoms with Crippen molar-refractivity contribution in [3.8, 4) is 11.3 Å². The zero-order valence-electron chi connectivity index (χ0n) is 19.4. The number of alkyl halides is 3. The van der Waals surface area contributed by atoms with E-state index in [0.717, 1.165) is 29.9 Å². The maximum atomic E-state index is 14.1. The van der Waals surface area contributed by atoms with E-state index < -0.39 is 11.7 Å². The highest BCUT2D eigenvalue weighted by molar-refractivity contribution is 5.99. The van der Waals surface area contributed by atoms with Gasteiger partial charge in [-0.1, -0.05) is 32.9 Å². The Kier molecular flexibility index (Phi) is 6.14. The van der Waals surface area contributed by atoms with Gasteiger partial charge in [-0.15, -0.1) is 12.4 Å². The predicted molar refractivity (Wildman–Crippen MR) is 128 cm³/mol. The summed E-state index contributed by atoms with van der Waals surface area (Å²) in [7, 11) is 0. The van der Waals surface area contributed by atoms with Gasteiger partial charge >= 0.3 is 6.18 Å². The third-order valence-corrected chi connectivity index (χ3v) is 6.83. The molecule has 178 valence electrons. The molecule has 5 rings (SSSR count). The van der Waals surface area contributed by atoms with Crippen molar-refractivity contribution in [2.24, 2.45) is 5.92 Å². The van der Waals surface area contributed by atoms with Gasteiger partial charge in [0, 0.05) is 23.8 Å². The number of benzene rings is 1. The highest BCUT2D eigenvalue weighted by atomic mass is 35.5. The van der Waals surface area contributed by atoms with Gasteiger partial charge in [0.25, 0.3) is 0 Å². The summed E-state index contributed by atoms with van der Waals surface area (Å²) in [6.07, 6.45) is -1.00. The van der Waals surface area contributed by atoms with Crippen molar-refractivity contribution in [3.63, 3.8) is 0 Å². The molecule has 2 aliphatic rings. The van der Waals surface area contributed by atoms with E-state index in [4.69, 9.17) is 10.1 Å². The van der Waals surface area contributed by atoms with Gasteiger partial charge in [0.2, 0.25) is 0 Å². The van der Waals surface area contributed by atoms with E-state index in [-0.39, 0.29) is 29.9 Å². The summed E-state index contributed by atoms with van der Waals surface area (Å²) in [5.74, 6) is 0.719. The molecule has 4 nitrogen and oxygen atoms in total. The summed E-state index contributed by atoms with van der Waals surface area (Å²) < 4.78 is 44.2. The third kappa shape index (κ3) is 4.20. The van der Waals surface area contributed by atoms with Crippen molar-refractivity contribution >= 4 is 29.1 Å². The highest BCUT2D eigenvalue weighted by Gasteiger charge is 2.38. The quantitative estimate of drug-likeness (QED) is 0.396. The molecular formula is C25H30ClF3N4. The van der Waals surface area contributed by atoms with Gasteiger partial charge < -0.3 is 4.90 Å². The molecule has 1 atom stereocenters. The number of aryl methyl sites for hydroxylation is 1. The zero-order valence-corrected chi connectivity index (χ0v) is 20.2. The minimum absolute atomic E-state index is 0. The molecule has 1 fully saturated rings. The number of aromatic nitrogens is 3. The monoisotopic (exact) mass is 478 g/mol. The van der Waals surface area contributed by atoms with E-state index in [1.807, 2.05) is 25.5 Å². The van der Waals surface area contributed by atoms with Crippen molar-refractivity contribution in [1.82, 2.24) is 14.8 Å². The maximum absolute atomic E-state index is 14.1. The summed E-state index contributed by atoms with van der Waals surface area (Å²) in [4.78, 5) is 7.15. The first-order valence-electron chi connectivity index (χ1n) is 11.5. The number of hydrogen-bond acceptors (Lipinski definition) is 3. The molecule has 0 amide bonds. The standard InChI is InChI=1S/C25H29F3N4.ClH/c1-5-18-13-32-24-21(31(18)12-16-6-7-16)10-15(4)29-23(24)22(30-32)19-9-8-17(14(2)3)11-20(19)25(26,27)28;/h8-11,14,16,18H,5-7,12-13H2,1-4H3;1H/t18-;/m0./s1. The second-order valence-electron chi connectivity index (χ2n) is 9.63. The molecule has 0 spiro atoms. The molecule has 0 bridgehead atoms. The van der Waals surface area contributed by atoms with Crippen LogP contribution in [0.5, 0.6) is 0 Å². The SMILES string of the molecule is CC[C@H]1Cn2nc(-c3ccc(C(C)C)cc3C(F)(F)F)c3nc(C)cc(c32)N1CC1CC1.Cl. The number of hydrogen-bond donors (Lipinski definition) is 0. The second-order valence-corrected chi connectivity index (χ2v) is 9.63. The second kappa shape index (κ2) is 8.49. The lowest BCUT2D eigenvalue weighted by Gasteiger charge is -2.37. The van der Waals surface area contributed by atoms with E-state index in [0.29, 0.717) is 29.2 Å². The van der Waals surface area contributed by atoms with Gasteiger partial charge in [0.1, 0.15) is 16.7 Å². The molecule has 1 aliphatic carbocycles. The van der Waals surface area contributed by atoms with Crippen molar-refractivity contribution < 1.29 is 13.2 Å². The van der Waals surface area contributed by atoms with Gasteiger partial charge in [-0.25, -0.2) is 4.98 Å². The van der Waals surface area contributed by atoms with Crippen LogP contribution < -0.4 is 4.90 Å². The van der Waals surface area contributed by atoms with Crippen LogP contribution in [-0.4, -0.2) is 27.4 Å². The Morgan fingerprint density at radius 2 is 1.88 bits per heavy atom. The van der Waals surface area contributed by atoms with E-state index in [1.54, 1.807) is 12.1 Å². The molecule has 0 N–H and O–H groups in total. The maximum Gasteiger partial charge on any atom is 0.417 e. The number of anilines is 1. The average Bonchev–Trinajstić information content (AvgIpc) is 3.48. The third-order valence-electron chi connectivity index (χ3n) is 6.83. The van der Waals surface area contributed by atoms with Gasteiger partial charge in [-0.05, 0) is 55.7 Å². The van der Waals surface area contributed by atoms with E-state index >= 15 is 0 Å². The molecule has 0 radical (unpaired) electrons. The Balaban J connectivity index is 0.00000259. The molecular weight excluding hydrogens is 449 g/mol. The molecule has 0 saturated heterocycles. The van der Waals surface area contributed by atoms with Crippen LogP contribution in [0, 0.1) is 12.8 Å². The van der Waals surface area contributed by atoms with Crippen LogP contribution in [0.15, 0.2) is 24.3 Å². The largest absolute Gasteiger partial charge is 0.417 e. The summed E-state index contributed by atoms with van der Waals surface area (Å²) >= 11 is 0. The predicted octanol–water partition coefficient (Wildman–Crippen LogP) is 6.98. The number of halogens is 4. The van der Waals surface area contributed by atoms with E-state index in [2.05, 4.69) is 17.9 Å². The first-order chi connectivity index (χ1) is 15.2.